The fourth-order valence-electron chi connectivity index (χ4n) is 2.85. The van der Waals surface area contributed by atoms with Crippen molar-refractivity contribution in [2.75, 3.05) is 27.2 Å². The van der Waals surface area contributed by atoms with Gasteiger partial charge in [0.15, 0.2) is 0 Å². The van der Waals surface area contributed by atoms with E-state index in [4.69, 9.17) is 0 Å². The first kappa shape index (κ1) is 15.5. The van der Waals surface area contributed by atoms with Gasteiger partial charge < -0.3 is 14.9 Å². The second-order valence-electron chi connectivity index (χ2n) is 5.83. The van der Waals surface area contributed by atoms with Crippen LogP contribution in [0.5, 0.6) is 0 Å². The molecule has 0 aromatic carbocycles. The van der Waals surface area contributed by atoms with E-state index in [1.54, 1.807) is 11.3 Å². The Morgan fingerprint density at radius 1 is 1.55 bits per heavy atom. The van der Waals surface area contributed by atoms with Crippen LogP contribution in [-0.2, 0) is 6.42 Å². The molecule has 1 amide bonds. The van der Waals surface area contributed by atoms with Crippen LogP contribution in [0.25, 0.3) is 0 Å². The third-order valence-corrected chi connectivity index (χ3v) is 5.15. The van der Waals surface area contributed by atoms with Gasteiger partial charge >= 0.3 is 0 Å². The quantitative estimate of drug-likeness (QED) is 0.921. The van der Waals surface area contributed by atoms with E-state index in [1.807, 2.05) is 25.1 Å². The molecule has 1 N–H and O–H groups in total. The highest BCUT2D eigenvalue weighted by molar-refractivity contribution is 7.14. The highest BCUT2D eigenvalue weighted by Gasteiger charge is 2.35. The zero-order chi connectivity index (χ0) is 14.9. The maximum absolute atomic E-state index is 12.7. The van der Waals surface area contributed by atoms with Crippen LogP contribution in [0.1, 0.15) is 33.5 Å². The third-order valence-electron chi connectivity index (χ3n) is 3.78. The Hall–Kier alpha value is -0.910. The number of β-amino-alcohol motifs (C(OH)–C–C–N with tert-alkyl or cyclic N) is 1. The standard InChI is InChI=1S/C15H24N2O2S/c1-5-13-10(2)6-14(20-13)15(19)17-9-12(18)7-11(17)8-16(3)4/h6,11-12,18H,5,7-9H2,1-4H3. The van der Waals surface area contributed by atoms with E-state index in [0.717, 1.165) is 17.8 Å². The van der Waals surface area contributed by atoms with Crippen molar-refractivity contribution in [2.45, 2.75) is 38.8 Å². The summed E-state index contributed by atoms with van der Waals surface area (Å²) in [5.74, 6) is 0.0706. The number of hydrogen-bond acceptors (Lipinski definition) is 4. The van der Waals surface area contributed by atoms with E-state index in [-0.39, 0.29) is 11.9 Å². The van der Waals surface area contributed by atoms with Gasteiger partial charge in [-0.25, -0.2) is 0 Å². The number of aryl methyl sites for hydroxylation is 2. The van der Waals surface area contributed by atoms with E-state index < -0.39 is 6.10 Å². The number of nitrogens with zero attached hydrogens (tertiary/aromatic N) is 2. The zero-order valence-electron chi connectivity index (χ0n) is 12.7. The molecule has 20 heavy (non-hydrogen) atoms. The molecule has 4 nitrogen and oxygen atoms in total. The maximum atomic E-state index is 12.7. The van der Waals surface area contributed by atoms with Crippen LogP contribution >= 0.6 is 11.3 Å². The molecule has 1 aliphatic heterocycles. The van der Waals surface area contributed by atoms with Crippen molar-refractivity contribution >= 4 is 17.2 Å². The molecule has 5 heteroatoms. The van der Waals surface area contributed by atoms with Gasteiger partial charge in [0, 0.05) is 24.0 Å². The summed E-state index contributed by atoms with van der Waals surface area (Å²) in [6, 6.07) is 2.10. The highest BCUT2D eigenvalue weighted by Crippen LogP contribution is 2.27. The molecule has 112 valence electrons. The number of hydrogen-bond donors (Lipinski definition) is 1. The topological polar surface area (TPSA) is 43.8 Å². The largest absolute Gasteiger partial charge is 0.391 e. The monoisotopic (exact) mass is 296 g/mol. The van der Waals surface area contributed by atoms with Crippen LogP contribution in [0.4, 0.5) is 0 Å². The first-order chi connectivity index (χ1) is 9.42. The van der Waals surface area contributed by atoms with Crippen molar-refractivity contribution in [3.63, 3.8) is 0 Å². The van der Waals surface area contributed by atoms with E-state index in [9.17, 15) is 9.90 Å². The molecule has 0 bridgehead atoms. The van der Waals surface area contributed by atoms with Crippen LogP contribution in [0.15, 0.2) is 6.07 Å². The van der Waals surface area contributed by atoms with Crippen molar-refractivity contribution < 1.29 is 9.90 Å². The van der Waals surface area contributed by atoms with Gasteiger partial charge in [0.1, 0.15) is 0 Å². The molecule has 2 unspecified atom stereocenters. The molecule has 0 aliphatic carbocycles. The van der Waals surface area contributed by atoms with Gasteiger partial charge in [-0.15, -0.1) is 11.3 Å². The molecule has 0 spiro atoms. The molecule has 0 saturated carbocycles. The predicted molar refractivity (Wildman–Crippen MR) is 82.4 cm³/mol. The molecule has 0 radical (unpaired) electrons. The third kappa shape index (κ3) is 3.22. The summed E-state index contributed by atoms with van der Waals surface area (Å²) in [5.41, 5.74) is 1.20. The van der Waals surface area contributed by atoms with Gasteiger partial charge in [0.25, 0.3) is 5.91 Å². The number of carbonyl (C=O) groups is 1. The van der Waals surface area contributed by atoms with Gasteiger partial charge in [-0.1, -0.05) is 6.92 Å². The molecular weight excluding hydrogens is 272 g/mol. The summed E-state index contributed by atoms with van der Waals surface area (Å²) in [7, 11) is 4.00. The Bertz CT molecular complexity index is 484. The van der Waals surface area contributed by atoms with Crippen molar-refractivity contribution in [1.82, 2.24) is 9.80 Å². The lowest BCUT2D eigenvalue weighted by molar-refractivity contribution is 0.0704. The van der Waals surface area contributed by atoms with Crippen LogP contribution in [0.3, 0.4) is 0 Å². The van der Waals surface area contributed by atoms with E-state index >= 15 is 0 Å². The number of rotatable bonds is 4. The molecule has 2 rings (SSSR count). The molecule has 1 fully saturated rings. The van der Waals surface area contributed by atoms with Crippen LogP contribution < -0.4 is 0 Å². The molecule has 1 saturated heterocycles. The number of likely N-dealkylation sites (N-methyl/N-ethyl adjacent to an activating group) is 1. The summed E-state index contributed by atoms with van der Waals surface area (Å²) in [5, 5.41) is 9.88. The average Bonchev–Trinajstić information content (AvgIpc) is 2.91. The lowest BCUT2D eigenvalue weighted by Crippen LogP contribution is -2.41. The number of likely N-dealkylation sites (tertiary alicyclic amines) is 1. The van der Waals surface area contributed by atoms with Crippen molar-refractivity contribution in [3.05, 3.63) is 21.4 Å². The second kappa shape index (κ2) is 6.24. The van der Waals surface area contributed by atoms with Crippen molar-refractivity contribution in [3.8, 4) is 0 Å². The summed E-state index contributed by atoms with van der Waals surface area (Å²) in [4.78, 5) is 18.7. The molecular formula is C15H24N2O2S. The van der Waals surface area contributed by atoms with Gasteiger partial charge in [-0.2, -0.15) is 0 Å². The lowest BCUT2D eigenvalue weighted by Gasteiger charge is -2.26. The molecule has 2 atom stereocenters. The smallest absolute Gasteiger partial charge is 0.264 e. The summed E-state index contributed by atoms with van der Waals surface area (Å²) >= 11 is 1.59. The minimum atomic E-state index is -0.393. The van der Waals surface area contributed by atoms with E-state index in [2.05, 4.69) is 18.7 Å². The Morgan fingerprint density at radius 2 is 2.25 bits per heavy atom. The van der Waals surface area contributed by atoms with Crippen LogP contribution in [-0.4, -0.2) is 60.1 Å². The maximum Gasteiger partial charge on any atom is 0.264 e. The van der Waals surface area contributed by atoms with E-state index in [0.29, 0.717) is 13.0 Å². The fraction of sp³-hybridized carbons (Fsp3) is 0.667. The van der Waals surface area contributed by atoms with E-state index in [1.165, 1.54) is 10.4 Å². The van der Waals surface area contributed by atoms with Gasteiger partial charge in [-0.3, -0.25) is 4.79 Å². The SMILES string of the molecule is CCc1sc(C(=O)N2CC(O)CC2CN(C)C)cc1C. The summed E-state index contributed by atoms with van der Waals surface area (Å²) in [6.07, 6.45) is 1.25. The predicted octanol–water partition coefficient (Wildman–Crippen LogP) is 1.76. The average molecular weight is 296 g/mol. The molecule has 1 aliphatic rings. The number of carbonyl (C=O) groups excluding carboxylic acids is 1. The Labute approximate surface area is 125 Å². The summed E-state index contributed by atoms with van der Waals surface area (Å²) in [6.45, 7) is 5.42. The Kier molecular flexibility index (Phi) is 4.83. The zero-order valence-corrected chi connectivity index (χ0v) is 13.5. The van der Waals surface area contributed by atoms with Crippen LogP contribution in [0.2, 0.25) is 0 Å². The van der Waals surface area contributed by atoms with Gasteiger partial charge in [0.2, 0.25) is 0 Å². The fourth-order valence-corrected chi connectivity index (χ4v) is 3.92. The number of aliphatic hydroxyl groups is 1. The molecule has 1 aromatic rings. The highest BCUT2D eigenvalue weighted by atomic mass is 32.1. The Balaban J connectivity index is 2.17. The normalized spacial score (nSPS) is 22.8. The Morgan fingerprint density at radius 3 is 2.80 bits per heavy atom. The molecule has 2 heterocycles. The second-order valence-corrected chi connectivity index (χ2v) is 6.97. The minimum Gasteiger partial charge on any atom is -0.391 e. The number of aliphatic hydroxyl groups excluding tert-OH is 1. The first-order valence-corrected chi connectivity index (χ1v) is 7.97. The number of amides is 1. The number of thiophene rings is 1. The lowest BCUT2D eigenvalue weighted by atomic mass is 10.2. The minimum absolute atomic E-state index is 0.0706. The van der Waals surface area contributed by atoms with Crippen LogP contribution in [0, 0.1) is 6.92 Å². The van der Waals surface area contributed by atoms with Gasteiger partial charge in [-0.05, 0) is 45.5 Å². The van der Waals surface area contributed by atoms with Gasteiger partial charge in [0.05, 0.1) is 11.0 Å². The summed E-state index contributed by atoms with van der Waals surface area (Å²) < 4.78 is 0. The molecule has 1 aromatic heterocycles. The van der Waals surface area contributed by atoms with Crippen molar-refractivity contribution in [2.24, 2.45) is 0 Å². The van der Waals surface area contributed by atoms with Crippen molar-refractivity contribution in [1.29, 1.82) is 0 Å². The first-order valence-electron chi connectivity index (χ1n) is 7.15.